The van der Waals surface area contributed by atoms with Crippen molar-refractivity contribution in [3.63, 3.8) is 0 Å². The van der Waals surface area contributed by atoms with Gasteiger partial charge in [-0.1, -0.05) is 12.1 Å². The number of ether oxygens (including phenoxy) is 1. The summed E-state index contributed by atoms with van der Waals surface area (Å²) in [6.45, 7) is -1.70. The van der Waals surface area contributed by atoms with Gasteiger partial charge < -0.3 is 15.4 Å². The molecule has 0 spiro atoms. The number of benzene rings is 1. The molecule has 1 aliphatic rings. The monoisotopic (exact) mass is 298 g/mol. The molecule has 1 aromatic carbocycles. The van der Waals surface area contributed by atoms with Crippen LogP contribution in [-0.2, 0) is 0 Å². The van der Waals surface area contributed by atoms with Crippen LogP contribution in [0.1, 0.15) is 36.0 Å². The summed E-state index contributed by atoms with van der Waals surface area (Å²) in [4.78, 5) is 14.3. The molecule has 1 atom stereocenters. The third-order valence-electron chi connectivity index (χ3n) is 3.71. The van der Waals surface area contributed by atoms with E-state index in [-0.39, 0.29) is 23.3 Å². The largest absolute Gasteiger partial charge is 0.434 e. The van der Waals surface area contributed by atoms with Crippen LogP contribution in [0.25, 0.3) is 0 Å². The summed E-state index contributed by atoms with van der Waals surface area (Å²) in [7, 11) is 0. The maximum Gasteiger partial charge on any atom is 0.387 e. The molecule has 1 aliphatic heterocycles. The Labute approximate surface area is 122 Å². The van der Waals surface area contributed by atoms with Crippen molar-refractivity contribution in [1.29, 1.82) is 0 Å². The Hall–Kier alpha value is -1.69. The summed E-state index contributed by atoms with van der Waals surface area (Å²) in [5, 5.41) is 0. The van der Waals surface area contributed by atoms with Gasteiger partial charge in [-0.2, -0.15) is 8.78 Å². The van der Waals surface area contributed by atoms with Crippen molar-refractivity contribution in [3.05, 3.63) is 29.8 Å². The number of para-hydroxylation sites is 1. The van der Waals surface area contributed by atoms with Crippen molar-refractivity contribution < 1.29 is 18.3 Å². The Morgan fingerprint density at radius 1 is 1.43 bits per heavy atom. The first-order valence-corrected chi connectivity index (χ1v) is 7.18. The van der Waals surface area contributed by atoms with E-state index in [1.54, 1.807) is 17.0 Å². The molecule has 1 fully saturated rings. The Morgan fingerprint density at radius 2 is 2.19 bits per heavy atom. The highest BCUT2D eigenvalue weighted by atomic mass is 19.3. The molecule has 0 bridgehead atoms. The molecule has 0 radical (unpaired) electrons. The average molecular weight is 298 g/mol. The van der Waals surface area contributed by atoms with Crippen molar-refractivity contribution in [2.24, 2.45) is 5.73 Å². The SMILES string of the molecule is NCCCC1CCCN1C(=O)c1ccccc1OC(F)F. The van der Waals surface area contributed by atoms with Gasteiger partial charge in [-0.3, -0.25) is 4.79 Å². The minimum absolute atomic E-state index is 0.0676. The third kappa shape index (κ3) is 3.91. The molecule has 0 aromatic heterocycles. The van der Waals surface area contributed by atoms with Gasteiger partial charge in [-0.05, 0) is 44.4 Å². The molecule has 21 heavy (non-hydrogen) atoms. The van der Waals surface area contributed by atoms with Crippen LogP contribution in [0.2, 0.25) is 0 Å². The molecule has 1 saturated heterocycles. The number of carbonyl (C=O) groups is 1. The van der Waals surface area contributed by atoms with Crippen LogP contribution in [0.15, 0.2) is 24.3 Å². The average Bonchev–Trinajstić information content (AvgIpc) is 2.92. The first kappa shape index (κ1) is 15.7. The second kappa shape index (κ2) is 7.36. The molecule has 6 heteroatoms. The summed E-state index contributed by atoms with van der Waals surface area (Å²) in [5.74, 6) is -0.312. The standard InChI is InChI=1S/C15H20F2N2O2/c16-15(17)21-13-8-2-1-7-12(13)14(20)19-10-4-6-11(19)5-3-9-18/h1-2,7-8,11,15H,3-6,9-10,18H2. The smallest absolute Gasteiger partial charge is 0.387 e. The van der Waals surface area contributed by atoms with Crippen molar-refractivity contribution in [1.82, 2.24) is 4.90 Å². The predicted molar refractivity (Wildman–Crippen MR) is 75.4 cm³/mol. The quantitative estimate of drug-likeness (QED) is 0.878. The second-order valence-corrected chi connectivity index (χ2v) is 5.10. The molecule has 1 heterocycles. The van der Waals surface area contributed by atoms with Crippen LogP contribution in [0, 0.1) is 0 Å². The number of nitrogens with two attached hydrogens (primary N) is 1. The zero-order chi connectivity index (χ0) is 15.2. The molecule has 1 amide bonds. The fourth-order valence-corrected chi connectivity index (χ4v) is 2.75. The maximum atomic E-state index is 12.6. The molecule has 0 aliphatic carbocycles. The summed E-state index contributed by atoms with van der Waals surface area (Å²) in [6, 6.07) is 6.28. The van der Waals surface area contributed by atoms with E-state index in [0.29, 0.717) is 13.1 Å². The zero-order valence-electron chi connectivity index (χ0n) is 11.8. The molecule has 1 unspecified atom stereocenters. The van der Waals surface area contributed by atoms with E-state index >= 15 is 0 Å². The molecule has 0 saturated carbocycles. The van der Waals surface area contributed by atoms with Crippen LogP contribution in [0.3, 0.4) is 0 Å². The van der Waals surface area contributed by atoms with Crippen LogP contribution < -0.4 is 10.5 Å². The van der Waals surface area contributed by atoms with E-state index in [4.69, 9.17) is 5.73 Å². The van der Waals surface area contributed by atoms with E-state index in [2.05, 4.69) is 4.74 Å². The second-order valence-electron chi connectivity index (χ2n) is 5.10. The number of amides is 1. The lowest BCUT2D eigenvalue weighted by Crippen LogP contribution is -2.36. The van der Waals surface area contributed by atoms with Gasteiger partial charge in [0.15, 0.2) is 0 Å². The van der Waals surface area contributed by atoms with Gasteiger partial charge in [0.1, 0.15) is 5.75 Å². The highest BCUT2D eigenvalue weighted by Gasteiger charge is 2.30. The number of alkyl halides is 2. The van der Waals surface area contributed by atoms with E-state index in [0.717, 1.165) is 25.7 Å². The number of rotatable bonds is 6. The van der Waals surface area contributed by atoms with E-state index in [9.17, 15) is 13.6 Å². The highest BCUT2D eigenvalue weighted by Crippen LogP contribution is 2.27. The summed E-state index contributed by atoms with van der Waals surface area (Å²) in [5.41, 5.74) is 5.70. The van der Waals surface area contributed by atoms with Crippen LogP contribution in [-0.4, -0.2) is 36.5 Å². The number of hydrogen-bond donors (Lipinski definition) is 1. The van der Waals surface area contributed by atoms with Gasteiger partial charge in [0.25, 0.3) is 5.91 Å². The number of likely N-dealkylation sites (tertiary alicyclic amines) is 1. The van der Waals surface area contributed by atoms with E-state index in [1.807, 2.05) is 0 Å². The number of carbonyl (C=O) groups excluding carboxylic acids is 1. The molecule has 1 aromatic rings. The number of nitrogens with zero attached hydrogens (tertiary/aromatic N) is 1. The number of hydrogen-bond acceptors (Lipinski definition) is 3. The Balaban J connectivity index is 2.15. The highest BCUT2D eigenvalue weighted by molar-refractivity contribution is 5.97. The Bertz CT molecular complexity index is 482. The van der Waals surface area contributed by atoms with Gasteiger partial charge in [-0.25, -0.2) is 0 Å². The van der Waals surface area contributed by atoms with E-state index in [1.165, 1.54) is 12.1 Å². The van der Waals surface area contributed by atoms with Crippen molar-refractivity contribution in [2.45, 2.75) is 38.3 Å². The fraction of sp³-hybridized carbons (Fsp3) is 0.533. The normalized spacial score (nSPS) is 18.3. The Morgan fingerprint density at radius 3 is 2.90 bits per heavy atom. The maximum absolute atomic E-state index is 12.6. The van der Waals surface area contributed by atoms with Crippen molar-refractivity contribution >= 4 is 5.91 Å². The van der Waals surface area contributed by atoms with Gasteiger partial charge in [0, 0.05) is 12.6 Å². The molecule has 2 rings (SSSR count). The topological polar surface area (TPSA) is 55.6 Å². The molecular formula is C15H20F2N2O2. The lowest BCUT2D eigenvalue weighted by atomic mass is 10.1. The van der Waals surface area contributed by atoms with Gasteiger partial charge in [0.2, 0.25) is 0 Å². The summed E-state index contributed by atoms with van der Waals surface area (Å²) < 4.78 is 29.3. The molecule has 4 nitrogen and oxygen atoms in total. The van der Waals surface area contributed by atoms with Gasteiger partial charge in [-0.15, -0.1) is 0 Å². The predicted octanol–water partition coefficient (Wildman–Crippen LogP) is 2.63. The summed E-state index contributed by atoms with van der Waals surface area (Å²) >= 11 is 0. The minimum Gasteiger partial charge on any atom is -0.434 e. The molecule has 116 valence electrons. The Kier molecular flexibility index (Phi) is 5.50. The van der Waals surface area contributed by atoms with Crippen LogP contribution in [0.4, 0.5) is 8.78 Å². The number of halogens is 2. The van der Waals surface area contributed by atoms with Gasteiger partial charge in [0.05, 0.1) is 5.56 Å². The first-order chi connectivity index (χ1) is 10.1. The lowest BCUT2D eigenvalue weighted by Gasteiger charge is -2.25. The van der Waals surface area contributed by atoms with Crippen LogP contribution in [0.5, 0.6) is 5.75 Å². The zero-order valence-corrected chi connectivity index (χ0v) is 11.8. The third-order valence-corrected chi connectivity index (χ3v) is 3.71. The van der Waals surface area contributed by atoms with E-state index < -0.39 is 6.61 Å². The molecule has 2 N–H and O–H groups in total. The van der Waals surface area contributed by atoms with Crippen LogP contribution >= 0.6 is 0 Å². The fourth-order valence-electron chi connectivity index (χ4n) is 2.75. The summed E-state index contributed by atoms with van der Waals surface area (Å²) in [6.07, 6.45) is 3.56. The first-order valence-electron chi connectivity index (χ1n) is 7.18. The van der Waals surface area contributed by atoms with Crippen molar-refractivity contribution in [3.8, 4) is 5.75 Å². The molecular weight excluding hydrogens is 278 g/mol. The van der Waals surface area contributed by atoms with Crippen molar-refractivity contribution in [2.75, 3.05) is 13.1 Å². The van der Waals surface area contributed by atoms with Gasteiger partial charge >= 0.3 is 6.61 Å². The lowest BCUT2D eigenvalue weighted by molar-refractivity contribution is -0.0502. The minimum atomic E-state index is -2.94.